The fourth-order valence-corrected chi connectivity index (χ4v) is 3.40. The van der Waals surface area contributed by atoms with Crippen LogP contribution in [-0.2, 0) is 24.0 Å². The second-order valence-electron chi connectivity index (χ2n) is 8.34. The number of methoxy groups -OCH3 is 1. The number of carboxylic acids is 1. The van der Waals surface area contributed by atoms with Crippen LogP contribution in [0.2, 0.25) is 0 Å². The summed E-state index contributed by atoms with van der Waals surface area (Å²) < 4.78 is 55.1. The quantitative estimate of drug-likeness (QED) is 0.353. The molecule has 0 saturated heterocycles. The highest BCUT2D eigenvalue weighted by molar-refractivity contribution is 5.73. The lowest BCUT2D eigenvalue weighted by Gasteiger charge is -2.17. The van der Waals surface area contributed by atoms with Gasteiger partial charge in [0.05, 0.1) is 12.7 Å². The van der Waals surface area contributed by atoms with Gasteiger partial charge in [-0.1, -0.05) is 44.2 Å². The van der Waals surface area contributed by atoms with Crippen LogP contribution in [0.5, 0.6) is 17.2 Å². The summed E-state index contributed by atoms with van der Waals surface area (Å²) >= 11 is 0. The molecule has 0 bridgehead atoms. The topological polar surface area (TPSA) is 65.0 Å². The van der Waals surface area contributed by atoms with Crippen LogP contribution in [0.25, 0.3) is 0 Å². The van der Waals surface area contributed by atoms with Crippen LogP contribution in [0.15, 0.2) is 66.7 Å². The van der Waals surface area contributed by atoms with Gasteiger partial charge in [0, 0.05) is 6.42 Å². The van der Waals surface area contributed by atoms with E-state index in [4.69, 9.17) is 14.2 Å². The smallest absolute Gasteiger partial charge is 0.416 e. The van der Waals surface area contributed by atoms with E-state index in [0.717, 1.165) is 17.7 Å². The SMILES string of the molecule is COc1ccc(CC(Oc2ccc(C(C)C)cc2)C(=O)O)cc1OCc1ccc(C(F)(F)F)cc1. The van der Waals surface area contributed by atoms with Crippen molar-refractivity contribution in [1.82, 2.24) is 0 Å². The minimum absolute atomic E-state index is 0.0129. The minimum Gasteiger partial charge on any atom is -0.493 e. The summed E-state index contributed by atoms with van der Waals surface area (Å²) in [6.45, 7) is 4.15. The molecule has 3 aromatic carbocycles. The number of halogens is 3. The van der Waals surface area contributed by atoms with E-state index >= 15 is 0 Å². The fourth-order valence-electron chi connectivity index (χ4n) is 3.40. The van der Waals surface area contributed by atoms with Crippen LogP contribution in [0.4, 0.5) is 13.2 Å². The van der Waals surface area contributed by atoms with Crippen molar-refractivity contribution in [3.8, 4) is 17.2 Å². The summed E-state index contributed by atoms with van der Waals surface area (Å²) in [6.07, 6.45) is -5.46. The lowest BCUT2D eigenvalue weighted by Crippen LogP contribution is -2.29. The number of hydrogen-bond donors (Lipinski definition) is 1. The van der Waals surface area contributed by atoms with Gasteiger partial charge in [-0.05, 0) is 59.0 Å². The second kappa shape index (κ2) is 11.2. The normalized spacial score (nSPS) is 12.3. The van der Waals surface area contributed by atoms with Crippen molar-refractivity contribution < 1.29 is 37.3 Å². The van der Waals surface area contributed by atoms with E-state index in [-0.39, 0.29) is 13.0 Å². The number of rotatable bonds is 10. The minimum atomic E-state index is -4.41. The molecule has 0 saturated carbocycles. The zero-order valence-corrected chi connectivity index (χ0v) is 19.6. The van der Waals surface area contributed by atoms with Crippen LogP contribution in [0.3, 0.4) is 0 Å². The predicted octanol–water partition coefficient (Wildman–Crippen LogP) is 6.49. The van der Waals surface area contributed by atoms with Crippen molar-refractivity contribution in [3.05, 3.63) is 89.0 Å². The van der Waals surface area contributed by atoms with Crippen LogP contribution in [-0.4, -0.2) is 24.3 Å². The molecule has 1 N–H and O–H groups in total. The van der Waals surface area contributed by atoms with E-state index in [0.29, 0.717) is 34.3 Å². The number of hydrogen-bond acceptors (Lipinski definition) is 4. The number of carbonyl (C=O) groups is 1. The Morgan fingerprint density at radius 2 is 1.54 bits per heavy atom. The molecule has 186 valence electrons. The van der Waals surface area contributed by atoms with E-state index < -0.39 is 23.8 Å². The predicted molar refractivity (Wildman–Crippen MR) is 125 cm³/mol. The highest BCUT2D eigenvalue weighted by Crippen LogP contribution is 2.31. The van der Waals surface area contributed by atoms with Crippen LogP contribution >= 0.6 is 0 Å². The first-order valence-electron chi connectivity index (χ1n) is 11.0. The first-order valence-corrected chi connectivity index (χ1v) is 11.0. The summed E-state index contributed by atoms with van der Waals surface area (Å²) in [4.78, 5) is 11.8. The summed E-state index contributed by atoms with van der Waals surface area (Å²) in [5.41, 5.74) is 1.56. The Hall–Kier alpha value is -3.68. The van der Waals surface area contributed by atoms with Crippen molar-refractivity contribution in [2.75, 3.05) is 7.11 Å². The molecule has 0 radical (unpaired) electrons. The van der Waals surface area contributed by atoms with Crippen molar-refractivity contribution >= 4 is 5.97 Å². The Morgan fingerprint density at radius 1 is 0.914 bits per heavy atom. The summed E-state index contributed by atoms with van der Waals surface area (Å²) in [7, 11) is 1.46. The third kappa shape index (κ3) is 7.15. The maximum atomic E-state index is 12.8. The number of ether oxygens (including phenoxy) is 3. The highest BCUT2D eigenvalue weighted by Gasteiger charge is 2.30. The van der Waals surface area contributed by atoms with Gasteiger partial charge in [0.15, 0.2) is 17.6 Å². The molecule has 0 heterocycles. The summed E-state index contributed by atoms with van der Waals surface area (Å²) in [6, 6.07) is 17.0. The Bertz CT molecular complexity index is 1120. The standard InChI is InChI=1S/C27H27F3O5/c1-17(2)20-7-11-22(12-8-20)35-25(26(31)32)15-19-6-13-23(33-3)24(14-19)34-16-18-4-9-21(10-5-18)27(28,29)30/h4-14,17,25H,15-16H2,1-3H3,(H,31,32). The number of benzene rings is 3. The van der Waals surface area contributed by atoms with Crippen molar-refractivity contribution in [2.45, 2.75) is 45.1 Å². The van der Waals surface area contributed by atoms with E-state index in [1.54, 1.807) is 30.3 Å². The van der Waals surface area contributed by atoms with Gasteiger partial charge in [-0.15, -0.1) is 0 Å². The summed E-state index contributed by atoms with van der Waals surface area (Å²) in [5.74, 6) is 0.447. The first kappa shape index (κ1) is 25.9. The third-order valence-electron chi connectivity index (χ3n) is 5.43. The lowest BCUT2D eigenvalue weighted by molar-refractivity contribution is -0.145. The largest absolute Gasteiger partial charge is 0.493 e. The third-order valence-corrected chi connectivity index (χ3v) is 5.43. The van der Waals surface area contributed by atoms with Gasteiger partial charge < -0.3 is 19.3 Å². The molecule has 3 aromatic rings. The zero-order chi connectivity index (χ0) is 25.6. The molecule has 3 rings (SSSR count). The average Bonchev–Trinajstić information content (AvgIpc) is 2.82. The Kier molecular flexibility index (Phi) is 8.27. The molecular formula is C27H27F3O5. The first-order chi connectivity index (χ1) is 16.6. The molecular weight excluding hydrogens is 461 g/mol. The van der Waals surface area contributed by atoms with Gasteiger partial charge in [-0.3, -0.25) is 0 Å². The molecule has 5 nitrogen and oxygen atoms in total. The number of aliphatic carboxylic acids is 1. The monoisotopic (exact) mass is 488 g/mol. The maximum absolute atomic E-state index is 12.8. The second-order valence-corrected chi connectivity index (χ2v) is 8.34. The molecule has 0 aliphatic rings. The molecule has 1 atom stereocenters. The lowest BCUT2D eigenvalue weighted by atomic mass is 10.0. The van der Waals surface area contributed by atoms with Crippen LogP contribution in [0, 0.1) is 0 Å². The molecule has 35 heavy (non-hydrogen) atoms. The molecule has 0 aliphatic carbocycles. The van der Waals surface area contributed by atoms with Crippen molar-refractivity contribution in [2.24, 2.45) is 0 Å². The average molecular weight is 489 g/mol. The van der Waals surface area contributed by atoms with Crippen molar-refractivity contribution in [1.29, 1.82) is 0 Å². The molecule has 0 spiro atoms. The van der Waals surface area contributed by atoms with E-state index in [9.17, 15) is 23.1 Å². The Balaban J connectivity index is 1.71. The van der Waals surface area contributed by atoms with Crippen LogP contribution < -0.4 is 14.2 Å². The van der Waals surface area contributed by atoms with Gasteiger partial charge in [0.1, 0.15) is 12.4 Å². The Morgan fingerprint density at radius 3 is 2.09 bits per heavy atom. The molecule has 0 amide bonds. The van der Waals surface area contributed by atoms with E-state index in [1.807, 2.05) is 12.1 Å². The van der Waals surface area contributed by atoms with Gasteiger partial charge >= 0.3 is 12.1 Å². The molecule has 0 aliphatic heterocycles. The van der Waals surface area contributed by atoms with E-state index in [2.05, 4.69) is 13.8 Å². The van der Waals surface area contributed by atoms with Crippen molar-refractivity contribution in [3.63, 3.8) is 0 Å². The molecule has 0 aromatic heterocycles. The van der Waals surface area contributed by atoms with E-state index in [1.165, 1.54) is 19.2 Å². The van der Waals surface area contributed by atoms with Gasteiger partial charge in [0.25, 0.3) is 0 Å². The number of alkyl halides is 3. The zero-order valence-electron chi connectivity index (χ0n) is 19.6. The highest BCUT2D eigenvalue weighted by atomic mass is 19.4. The van der Waals surface area contributed by atoms with Gasteiger partial charge in [0.2, 0.25) is 0 Å². The van der Waals surface area contributed by atoms with Crippen LogP contribution in [0.1, 0.15) is 42.0 Å². The van der Waals surface area contributed by atoms with Gasteiger partial charge in [-0.2, -0.15) is 13.2 Å². The van der Waals surface area contributed by atoms with Gasteiger partial charge in [-0.25, -0.2) is 4.79 Å². The number of carboxylic acid groups (broad SMARTS) is 1. The molecule has 0 fully saturated rings. The molecule has 8 heteroatoms. The Labute approximate surface area is 202 Å². The fraction of sp³-hybridized carbons (Fsp3) is 0.296. The maximum Gasteiger partial charge on any atom is 0.416 e. The molecule has 1 unspecified atom stereocenters. The summed E-state index contributed by atoms with van der Waals surface area (Å²) in [5, 5.41) is 9.68.